The van der Waals surface area contributed by atoms with Gasteiger partial charge in [0.2, 0.25) is 0 Å². The molecule has 0 aromatic rings. The number of hydrogen-bond donors (Lipinski definition) is 0. The summed E-state index contributed by atoms with van der Waals surface area (Å²) in [5.74, 6) is 0.647. The van der Waals surface area contributed by atoms with Gasteiger partial charge in [-0.15, -0.1) is 0 Å². The monoisotopic (exact) mass is 230 g/mol. The molecule has 0 aromatic carbocycles. The molecule has 0 radical (unpaired) electrons. The van der Waals surface area contributed by atoms with E-state index in [1.165, 1.54) is 24.0 Å². The summed E-state index contributed by atoms with van der Waals surface area (Å²) in [7, 11) is 0. The topological polar surface area (TPSA) is 0 Å². The molecule has 0 aliphatic heterocycles. The van der Waals surface area contributed by atoms with Crippen molar-refractivity contribution in [2.75, 3.05) is 0 Å². The van der Waals surface area contributed by atoms with Crippen molar-refractivity contribution < 1.29 is 0 Å². The van der Waals surface area contributed by atoms with Gasteiger partial charge >= 0.3 is 0 Å². The lowest BCUT2D eigenvalue weighted by molar-refractivity contribution is 0.633. The molecule has 0 fully saturated rings. The maximum atomic E-state index is 3.93. The Labute approximate surface area is 107 Å². The molecule has 0 amide bonds. The highest BCUT2D eigenvalue weighted by Gasteiger charge is 2.19. The van der Waals surface area contributed by atoms with E-state index < -0.39 is 0 Å². The summed E-state index contributed by atoms with van der Waals surface area (Å²) >= 11 is 0. The molecular weight excluding hydrogens is 204 g/mol. The van der Waals surface area contributed by atoms with Crippen LogP contribution in [-0.2, 0) is 0 Å². The summed E-state index contributed by atoms with van der Waals surface area (Å²) in [6.45, 7) is 13.0. The summed E-state index contributed by atoms with van der Waals surface area (Å²) in [6, 6.07) is 0. The first-order valence-corrected chi connectivity index (χ1v) is 6.98. The summed E-state index contributed by atoms with van der Waals surface area (Å²) in [5, 5.41) is 0. The van der Waals surface area contributed by atoms with E-state index >= 15 is 0 Å². The highest BCUT2D eigenvalue weighted by molar-refractivity contribution is 5.46. The molecule has 1 rings (SSSR count). The Morgan fingerprint density at radius 1 is 1.06 bits per heavy atom. The highest BCUT2D eigenvalue weighted by atomic mass is 14.2. The van der Waals surface area contributed by atoms with Crippen LogP contribution in [0.4, 0.5) is 0 Å². The minimum absolute atomic E-state index is 0.647. The van der Waals surface area contributed by atoms with E-state index in [-0.39, 0.29) is 0 Å². The Balaban J connectivity index is 3.34. The van der Waals surface area contributed by atoms with Crippen LogP contribution in [0, 0.1) is 5.92 Å². The molecule has 17 heavy (non-hydrogen) atoms. The van der Waals surface area contributed by atoms with Gasteiger partial charge in [-0.05, 0) is 36.8 Å². The Hall–Kier alpha value is -1.04. The first-order valence-electron chi connectivity index (χ1n) is 6.98. The fraction of sp³-hybridized carbons (Fsp3) is 0.529. The van der Waals surface area contributed by atoms with Crippen LogP contribution in [0.25, 0.3) is 0 Å². The molecule has 0 N–H and O–H groups in total. The summed E-state index contributed by atoms with van der Waals surface area (Å²) < 4.78 is 0. The predicted molar refractivity (Wildman–Crippen MR) is 78.0 cm³/mol. The van der Waals surface area contributed by atoms with Gasteiger partial charge in [-0.2, -0.15) is 0 Å². The average Bonchev–Trinajstić information content (AvgIpc) is 2.53. The first kappa shape index (κ1) is 14.0. The number of rotatable bonds is 5. The summed E-state index contributed by atoms with van der Waals surface area (Å²) in [4.78, 5) is 0. The fourth-order valence-corrected chi connectivity index (χ4v) is 2.88. The maximum absolute atomic E-state index is 3.93. The van der Waals surface area contributed by atoms with Gasteiger partial charge in [-0.3, -0.25) is 0 Å². The molecular formula is C17H26. The summed E-state index contributed by atoms with van der Waals surface area (Å²) in [5.41, 5.74) is 6.01. The van der Waals surface area contributed by atoms with Crippen molar-refractivity contribution in [1.29, 1.82) is 0 Å². The Bertz CT molecular complexity index is 363. The van der Waals surface area contributed by atoms with Gasteiger partial charge in [0, 0.05) is 5.92 Å². The number of allylic oxidation sites excluding steroid dienone is 7. The Kier molecular flexibility index (Phi) is 5.47. The minimum Gasteiger partial charge on any atom is -0.0985 e. The van der Waals surface area contributed by atoms with Gasteiger partial charge in [-0.25, -0.2) is 0 Å². The molecule has 1 aliphatic rings. The van der Waals surface area contributed by atoms with Crippen LogP contribution in [0.15, 0.2) is 47.1 Å². The smallest absolute Gasteiger partial charge is 0.00133 e. The van der Waals surface area contributed by atoms with Gasteiger partial charge in [0.05, 0.1) is 0 Å². The fourth-order valence-electron chi connectivity index (χ4n) is 2.88. The maximum Gasteiger partial charge on any atom is 0.00133 e. The van der Waals surface area contributed by atoms with Crippen LogP contribution in [0.1, 0.15) is 53.4 Å². The average molecular weight is 230 g/mol. The van der Waals surface area contributed by atoms with Crippen molar-refractivity contribution in [3.05, 3.63) is 47.1 Å². The number of hydrogen-bond acceptors (Lipinski definition) is 0. The lowest BCUT2D eigenvalue weighted by Crippen LogP contribution is -2.07. The summed E-state index contributed by atoms with van der Waals surface area (Å²) in [6.07, 6.45) is 11.3. The second-order valence-electron chi connectivity index (χ2n) is 4.64. The molecule has 1 unspecified atom stereocenters. The zero-order chi connectivity index (χ0) is 12.8. The van der Waals surface area contributed by atoms with Crippen LogP contribution in [-0.4, -0.2) is 0 Å². The van der Waals surface area contributed by atoms with E-state index in [4.69, 9.17) is 0 Å². The van der Waals surface area contributed by atoms with E-state index in [2.05, 4.69) is 46.4 Å². The van der Waals surface area contributed by atoms with Crippen LogP contribution < -0.4 is 0 Å². The van der Waals surface area contributed by atoms with Gasteiger partial charge < -0.3 is 0 Å². The van der Waals surface area contributed by atoms with Crippen LogP contribution in [0.3, 0.4) is 0 Å². The molecule has 0 saturated heterocycles. The van der Waals surface area contributed by atoms with Gasteiger partial charge in [0.1, 0.15) is 0 Å². The van der Waals surface area contributed by atoms with E-state index in [0.29, 0.717) is 5.92 Å². The largest absolute Gasteiger partial charge is 0.0985 e. The molecule has 0 aromatic heterocycles. The van der Waals surface area contributed by atoms with Gasteiger partial charge in [-0.1, -0.05) is 63.6 Å². The molecule has 0 nitrogen and oxygen atoms in total. The van der Waals surface area contributed by atoms with E-state index in [1.807, 2.05) is 6.08 Å². The molecule has 94 valence electrons. The highest BCUT2D eigenvalue weighted by Crippen LogP contribution is 2.35. The lowest BCUT2D eigenvalue weighted by Gasteiger charge is -2.22. The van der Waals surface area contributed by atoms with Gasteiger partial charge in [0.15, 0.2) is 0 Å². The third-order valence-corrected chi connectivity index (χ3v) is 3.79. The molecule has 0 spiro atoms. The second-order valence-corrected chi connectivity index (χ2v) is 4.64. The van der Waals surface area contributed by atoms with Crippen LogP contribution in [0.2, 0.25) is 0 Å². The third-order valence-electron chi connectivity index (χ3n) is 3.79. The van der Waals surface area contributed by atoms with Crippen LogP contribution >= 0.6 is 0 Å². The molecule has 1 aliphatic carbocycles. The van der Waals surface area contributed by atoms with Crippen molar-refractivity contribution in [3.8, 4) is 0 Å². The van der Waals surface area contributed by atoms with Gasteiger partial charge in [0.25, 0.3) is 0 Å². The second kappa shape index (κ2) is 6.64. The van der Waals surface area contributed by atoms with Crippen molar-refractivity contribution in [2.45, 2.75) is 53.4 Å². The molecule has 1 atom stereocenters. The van der Waals surface area contributed by atoms with E-state index in [1.54, 1.807) is 11.1 Å². The standard InChI is InChI=1S/C17H26/c1-6-13-11-14(7-2)16(9-4)17(10-5)15(8-3)12-13/h6,11-12,16H,1,7-10H2,2-5H3. The Morgan fingerprint density at radius 2 is 1.76 bits per heavy atom. The van der Waals surface area contributed by atoms with Crippen molar-refractivity contribution >= 4 is 0 Å². The first-order chi connectivity index (χ1) is 8.21. The lowest BCUT2D eigenvalue weighted by atomic mass is 9.83. The van der Waals surface area contributed by atoms with Crippen LogP contribution in [0.5, 0.6) is 0 Å². The minimum atomic E-state index is 0.647. The molecule has 0 heterocycles. The normalized spacial score (nSPS) is 20.8. The predicted octanol–water partition coefficient (Wildman–Crippen LogP) is 5.59. The van der Waals surface area contributed by atoms with Crippen molar-refractivity contribution in [2.24, 2.45) is 5.92 Å². The quantitative estimate of drug-likeness (QED) is 0.577. The zero-order valence-electron chi connectivity index (χ0n) is 11.8. The van der Waals surface area contributed by atoms with E-state index in [9.17, 15) is 0 Å². The van der Waals surface area contributed by atoms with E-state index in [0.717, 1.165) is 12.8 Å². The SMILES string of the molecule is C=CC1=CC(CC)=C(CC)C(CC)C(CC)=C1. The molecule has 0 bridgehead atoms. The molecule has 0 saturated carbocycles. The van der Waals surface area contributed by atoms with Crippen molar-refractivity contribution in [3.63, 3.8) is 0 Å². The Morgan fingerprint density at radius 3 is 2.18 bits per heavy atom. The van der Waals surface area contributed by atoms with Crippen molar-refractivity contribution in [1.82, 2.24) is 0 Å². The third kappa shape index (κ3) is 3.00. The zero-order valence-corrected chi connectivity index (χ0v) is 11.8. The molecule has 0 heteroatoms.